The van der Waals surface area contributed by atoms with Crippen molar-refractivity contribution in [2.45, 2.75) is 32.9 Å². The number of oxazole rings is 1. The minimum Gasteiger partial charge on any atom is -0.496 e. The van der Waals surface area contributed by atoms with Crippen LogP contribution in [-0.4, -0.2) is 23.7 Å². The first-order valence-corrected chi connectivity index (χ1v) is 6.99. The Labute approximate surface area is 125 Å². The van der Waals surface area contributed by atoms with Gasteiger partial charge in [-0.05, 0) is 32.9 Å². The number of hydrogen-bond acceptors (Lipinski definition) is 5. The minimum atomic E-state index is -0.654. The van der Waals surface area contributed by atoms with Crippen LogP contribution in [0.1, 0.15) is 41.8 Å². The van der Waals surface area contributed by atoms with Crippen LogP contribution in [-0.2, 0) is 0 Å². The van der Waals surface area contributed by atoms with Crippen molar-refractivity contribution in [3.63, 3.8) is 0 Å². The summed E-state index contributed by atoms with van der Waals surface area (Å²) >= 11 is 0. The smallest absolute Gasteiger partial charge is 0.211 e. The molecule has 0 saturated carbocycles. The van der Waals surface area contributed by atoms with Crippen LogP contribution in [0.15, 0.2) is 28.8 Å². The first-order valence-electron chi connectivity index (χ1n) is 6.99. The van der Waals surface area contributed by atoms with Gasteiger partial charge in [-0.3, -0.25) is 0 Å². The van der Waals surface area contributed by atoms with Crippen LogP contribution in [0.2, 0.25) is 0 Å². The van der Waals surface area contributed by atoms with Crippen LogP contribution in [0.5, 0.6) is 5.75 Å². The van der Waals surface area contributed by atoms with Crippen molar-refractivity contribution < 1.29 is 14.3 Å². The van der Waals surface area contributed by atoms with Crippen LogP contribution in [0.3, 0.4) is 0 Å². The Morgan fingerprint density at radius 1 is 1.38 bits per heavy atom. The number of aliphatic hydroxyl groups excluding tert-OH is 1. The molecular formula is C16H22N2O3. The van der Waals surface area contributed by atoms with Gasteiger partial charge in [0.25, 0.3) is 0 Å². The van der Waals surface area contributed by atoms with Gasteiger partial charge >= 0.3 is 0 Å². The molecule has 1 aromatic heterocycles. The van der Waals surface area contributed by atoms with Gasteiger partial charge in [-0.15, -0.1) is 0 Å². The van der Waals surface area contributed by atoms with E-state index < -0.39 is 6.10 Å². The number of aromatic nitrogens is 1. The zero-order chi connectivity index (χ0) is 15.4. The maximum absolute atomic E-state index is 10.4. The maximum atomic E-state index is 10.4. The topological polar surface area (TPSA) is 67.5 Å². The minimum absolute atomic E-state index is 0.0656. The van der Waals surface area contributed by atoms with Gasteiger partial charge < -0.3 is 19.6 Å². The van der Waals surface area contributed by atoms with Crippen LogP contribution < -0.4 is 10.1 Å². The number of benzene rings is 1. The van der Waals surface area contributed by atoms with E-state index >= 15 is 0 Å². The number of methoxy groups -OCH3 is 1. The van der Waals surface area contributed by atoms with Gasteiger partial charge in [0.05, 0.1) is 25.5 Å². The summed E-state index contributed by atoms with van der Waals surface area (Å²) in [6.45, 7) is 6.19. The highest BCUT2D eigenvalue weighted by Crippen LogP contribution is 2.26. The normalized spacial score (nSPS) is 14.0. The van der Waals surface area contributed by atoms with Crippen LogP contribution in [0.4, 0.5) is 0 Å². The largest absolute Gasteiger partial charge is 0.496 e. The number of nitrogens with one attached hydrogen (secondary N) is 1. The molecule has 0 fully saturated rings. The SMILES string of the molecule is COc1ccc(C)cc1C(O)CNC(C)c1ncc(C)o1. The number of ether oxygens (including phenoxy) is 1. The molecule has 2 rings (SSSR count). The highest BCUT2D eigenvalue weighted by atomic mass is 16.5. The average molecular weight is 290 g/mol. The molecule has 2 aromatic rings. The molecule has 21 heavy (non-hydrogen) atoms. The molecule has 2 unspecified atom stereocenters. The van der Waals surface area contributed by atoms with Gasteiger partial charge in [-0.25, -0.2) is 4.98 Å². The second-order valence-corrected chi connectivity index (χ2v) is 5.20. The van der Waals surface area contributed by atoms with Crippen molar-refractivity contribution in [2.24, 2.45) is 0 Å². The number of aryl methyl sites for hydroxylation is 2. The average Bonchev–Trinajstić information content (AvgIpc) is 2.91. The van der Waals surface area contributed by atoms with Gasteiger partial charge in [0.15, 0.2) is 0 Å². The molecule has 1 aromatic carbocycles. The van der Waals surface area contributed by atoms with Crippen molar-refractivity contribution in [3.8, 4) is 5.75 Å². The Morgan fingerprint density at radius 3 is 2.76 bits per heavy atom. The Balaban J connectivity index is 2.01. The molecule has 0 aliphatic carbocycles. The summed E-state index contributed by atoms with van der Waals surface area (Å²) < 4.78 is 10.8. The predicted molar refractivity (Wildman–Crippen MR) is 80.3 cm³/mol. The first kappa shape index (κ1) is 15.5. The van der Waals surface area contributed by atoms with Crippen LogP contribution >= 0.6 is 0 Å². The Kier molecular flexibility index (Phi) is 4.98. The number of rotatable bonds is 6. The zero-order valence-corrected chi connectivity index (χ0v) is 12.9. The molecule has 114 valence electrons. The molecule has 0 aliphatic heterocycles. The highest BCUT2D eigenvalue weighted by Gasteiger charge is 2.17. The lowest BCUT2D eigenvalue weighted by atomic mass is 10.0. The lowest BCUT2D eigenvalue weighted by molar-refractivity contribution is 0.164. The fourth-order valence-electron chi connectivity index (χ4n) is 2.17. The van der Waals surface area contributed by atoms with Crippen molar-refractivity contribution in [3.05, 3.63) is 47.2 Å². The number of nitrogens with zero attached hydrogens (tertiary/aromatic N) is 1. The molecule has 0 radical (unpaired) electrons. The van der Waals surface area contributed by atoms with Gasteiger partial charge in [-0.2, -0.15) is 0 Å². The molecule has 1 heterocycles. The first-order chi connectivity index (χ1) is 10.0. The summed E-state index contributed by atoms with van der Waals surface area (Å²) in [7, 11) is 1.60. The molecule has 5 nitrogen and oxygen atoms in total. The molecule has 0 spiro atoms. The lowest BCUT2D eigenvalue weighted by Crippen LogP contribution is -2.25. The fraction of sp³-hybridized carbons (Fsp3) is 0.438. The summed E-state index contributed by atoms with van der Waals surface area (Å²) in [5.41, 5.74) is 1.86. The molecule has 5 heteroatoms. The van der Waals surface area contributed by atoms with Gasteiger partial charge in [-0.1, -0.05) is 11.6 Å². The molecule has 2 N–H and O–H groups in total. The monoisotopic (exact) mass is 290 g/mol. The standard InChI is InChI=1S/C16H22N2O3/c1-10-5-6-15(20-4)13(7-10)14(19)9-17-12(3)16-18-8-11(2)21-16/h5-8,12,14,17,19H,9H2,1-4H3. The molecule has 0 saturated heterocycles. The van der Waals surface area contributed by atoms with Gasteiger partial charge in [0.1, 0.15) is 11.5 Å². The van der Waals surface area contributed by atoms with E-state index in [2.05, 4.69) is 10.3 Å². The van der Waals surface area contributed by atoms with E-state index in [0.717, 1.165) is 16.9 Å². The highest BCUT2D eigenvalue weighted by molar-refractivity contribution is 5.38. The van der Waals surface area contributed by atoms with Crippen LogP contribution in [0, 0.1) is 13.8 Å². The van der Waals surface area contributed by atoms with E-state index in [1.165, 1.54) is 0 Å². The number of hydrogen-bond donors (Lipinski definition) is 2. The second kappa shape index (κ2) is 6.74. The molecule has 0 bridgehead atoms. The number of aliphatic hydroxyl groups is 1. The molecule has 0 aliphatic rings. The van der Waals surface area contributed by atoms with Crippen molar-refractivity contribution in [1.29, 1.82) is 0 Å². The molecule has 0 amide bonds. The van der Waals surface area contributed by atoms with E-state index in [0.29, 0.717) is 18.2 Å². The van der Waals surface area contributed by atoms with E-state index in [4.69, 9.17) is 9.15 Å². The maximum Gasteiger partial charge on any atom is 0.211 e. The second-order valence-electron chi connectivity index (χ2n) is 5.20. The van der Waals surface area contributed by atoms with Crippen molar-refractivity contribution in [2.75, 3.05) is 13.7 Å². The van der Waals surface area contributed by atoms with E-state index in [-0.39, 0.29) is 6.04 Å². The third kappa shape index (κ3) is 3.83. The predicted octanol–water partition coefficient (Wildman–Crippen LogP) is 2.68. The van der Waals surface area contributed by atoms with E-state index in [1.54, 1.807) is 13.3 Å². The van der Waals surface area contributed by atoms with E-state index in [1.807, 2.05) is 39.0 Å². The third-order valence-corrected chi connectivity index (χ3v) is 3.37. The summed E-state index contributed by atoms with van der Waals surface area (Å²) in [4.78, 5) is 4.18. The summed E-state index contributed by atoms with van der Waals surface area (Å²) in [5.74, 6) is 2.09. The van der Waals surface area contributed by atoms with Crippen molar-refractivity contribution >= 4 is 0 Å². The summed E-state index contributed by atoms with van der Waals surface area (Å²) in [6.07, 6.45) is 1.03. The zero-order valence-electron chi connectivity index (χ0n) is 12.9. The Bertz CT molecular complexity index is 595. The summed E-state index contributed by atoms with van der Waals surface area (Å²) in [5, 5.41) is 13.6. The third-order valence-electron chi connectivity index (χ3n) is 3.37. The Hall–Kier alpha value is -1.85. The van der Waals surface area contributed by atoms with E-state index in [9.17, 15) is 5.11 Å². The Morgan fingerprint density at radius 2 is 2.14 bits per heavy atom. The lowest BCUT2D eigenvalue weighted by Gasteiger charge is -2.18. The molecular weight excluding hydrogens is 268 g/mol. The van der Waals surface area contributed by atoms with Crippen molar-refractivity contribution in [1.82, 2.24) is 10.3 Å². The quantitative estimate of drug-likeness (QED) is 0.856. The summed E-state index contributed by atoms with van der Waals surface area (Å²) in [6, 6.07) is 5.70. The molecule has 2 atom stereocenters. The van der Waals surface area contributed by atoms with Gasteiger partial charge in [0, 0.05) is 12.1 Å². The van der Waals surface area contributed by atoms with Gasteiger partial charge in [0.2, 0.25) is 5.89 Å². The van der Waals surface area contributed by atoms with Crippen LogP contribution in [0.25, 0.3) is 0 Å². The fourth-order valence-corrected chi connectivity index (χ4v) is 2.17.